The van der Waals surface area contributed by atoms with E-state index >= 15 is 0 Å². The fraction of sp³-hybridized carbons (Fsp3) is 0.414. The van der Waals surface area contributed by atoms with Crippen molar-refractivity contribution in [3.8, 4) is 22.5 Å². The molecule has 2 N–H and O–H groups in total. The molecule has 0 saturated carbocycles. The van der Waals surface area contributed by atoms with E-state index in [0.717, 1.165) is 60.4 Å². The Morgan fingerprint density at radius 2 is 1.47 bits per heavy atom. The van der Waals surface area contributed by atoms with Crippen LogP contribution in [-0.4, -0.2) is 48.7 Å². The van der Waals surface area contributed by atoms with Crippen LogP contribution in [0, 0.1) is 13.8 Å². The van der Waals surface area contributed by atoms with Crippen molar-refractivity contribution in [1.82, 2.24) is 14.7 Å². The van der Waals surface area contributed by atoms with Gasteiger partial charge in [-0.25, -0.2) is 18.4 Å². The molecule has 8 nitrogen and oxygen atoms in total. The summed E-state index contributed by atoms with van der Waals surface area (Å²) < 4.78 is 24.3. The second kappa shape index (κ2) is 12.0. The highest BCUT2D eigenvalue weighted by atomic mass is 32.2. The van der Waals surface area contributed by atoms with Gasteiger partial charge in [0.15, 0.2) is 5.82 Å². The smallest absolute Gasteiger partial charge is 0.233 e. The Balaban J connectivity index is 1.52. The quantitative estimate of drug-likeness (QED) is 0.361. The molecule has 3 aromatic rings. The molecule has 0 aliphatic carbocycles. The van der Waals surface area contributed by atoms with Crippen molar-refractivity contribution < 1.29 is 18.3 Å². The zero-order valence-electron chi connectivity index (χ0n) is 22.3. The highest BCUT2D eigenvalue weighted by Gasteiger charge is 2.29. The van der Waals surface area contributed by atoms with Gasteiger partial charge in [-0.2, -0.15) is 0 Å². The standard InChI is InChI=1S/C29H36N4O4S/c1-20-9-13-22(14-10-20)26-27(23-15-11-21(2)12-16-23)31-29-28(30-26)24(34)17-19-33(29)18-7-5-4-6-8-25(35)32-38(3,36)37/h9-16,24,34H,4-8,17-19H2,1-3H3,(H,32,35)/t24-/m0/s1. The number of amides is 1. The number of nitrogens with zero attached hydrogens (tertiary/aromatic N) is 3. The first kappa shape index (κ1) is 27.7. The summed E-state index contributed by atoms with van der Waals surface area (Å²) in [7, 11) is -3.51. The average Bonchev–Trinajstić information content (AvgIpc) is 2.87. The molecule has 0 radical (unpaired) electrons. The maximum absolute atomic E-state index is 11.7. The number of unbranched alkanes of at least 4 members (excludes halogenated alkanes) is 3. The summed E-state index contributed by atoms with van der Waals surface area (Å²) in [5.74, 6) is 0.262. The number of carbonyl (C=O) groups is 1. The van der Waals surface area contributed by atoms with Gasteiger partial charge in [0.05, 0.1) is 17.6 Å². The Morgan fingerprint density at radius 1 is 0.921 bits per heavy atom. The summed E-state index contributed by atoms with van der Waals surface area (Å²) in [5, 5.41) is 10.9. The van der Waals surface area contributed by atoms with Crippen molar-refractivity contribution in [2.45, 2.75) is 58.5 Å². The molecule has 1 atom stereocenters. The number of rotatable bonds is 10. The minimum absolute atomic E-state index is 0.193. The number of aryl methyl sites for hydroxylation is 2. The number of nitrogens with one attached hydrogen (secondary N) is 1. The summed E-state index contributed by atoms with van der Waals surface area (Å²) >= 11 is 0. The van der Waals surface area contributed by atoms with E-state index in [1.54, 1.807) is 0 Å². The fourth-order valence-corrected chi connectivity index (χ4v) is 5.17. The molecular formula is C29H36N4O4S. The Labute approximate surface area is 225 Å². The number of sulfonamides is 1. The van der Waals surface area contributed by atoms with Gasteiger partial charge in [-0.3, -0.25) is 9.52 Å². The Morgan fingerprint density at radius 3 is 2.05 bits per heavy atom. The topological polar surface area (TPSA) is 112 Å². The van der Waals surface area contributed by atoms with Crippen LogP contribution < -0.4 is 9.62 Å². The van der Waals surface area contributed by atoms with E-state index in [0.29, 0.717) is 25.1 Å². The number of aliphatic hydroxyl groups excluding tert-OH is 1. The molecule has 1 aliphatic rings. The molecule has 1 aromatic heterocycles. The van der Waals surface area contributed by atoms with Crippen molar-refractivity contribution in [1.29, 1.82) is 0 Å². The normalized spacial score (nSPS) is 15.3. The number of anilines is 1. The lowest BCUT2D eigenvalue weighted by Gasteiger charge is -2.33. The Bertz CT molecular complexity index is 1370. The summed E-state index contributed by atoms with van der Waals surface area (Å²) in [6.45, 7) is 5.56. The second-order valence-electron chi connectivity index (χ2n) is 10.1. The van der Waals surface area contributed by atoms with Crippen molar-refractivity contribution >= 4 is 21.7 Å². The summed E-state index contributed by atoms with van der Waals surface area (Å²) in [4.78, 5) is 24.0. The Hall–Kier alpha value is -3.30. The van der Waals surface area contributed by atoms with Crippen molar-refractivity contribution in [2.75, 3.05) is 24.2 Å². The van der Waals surface area contributed by atoms with Crippen LogP contribution >= 0.6 is 0 Å². The maximum atomic E-state index is 11.7. The zero-order chi connectivity index (χ0) is 27.3. The summed E-state index contributed by atoms with van der Waals surface area (Å²) in [6.07, 6.45) is 4.35. The fourth-order valence-electron chi connectivity index (χ4n) is 4.66. The number of fused-ring (bicyclic) bond motifs is 1. The molecule has 0 spiro atoms. The molecule has 202 valence electrons. The molecule has 4 rings (SSSR count). The Kier molecular flexibility index (Phi) is 8.79. The molecule has 9 heteroatoms. The van der Waals surface area contributed by atoms with Gasteiger partial charge in [0, 0.05) is 30.6 Å². The summed E-state index contributed by atoms with van der Waals surface area (Å²) in [6, 6.07) is 16.5. The van der Waals surface area contributed by atoms with Crippen LogP contribution in [0.5, 0.6) is 0 Å². The van der Waals surface area contributed by atoms with Crippen LogP contribution in [0.15, 0.2) is 48.5 Å². The SMILES string of the molecule is Cc1ccc(-c2nc3c(nc2-c2ccc(C)cc2)N(CCCCCCC(=O)NS(C)(=O)=O)CC[C@@H]3O)cc1. The monoisotopic (exact) mass is 536 g/mol. The molecule has 0 unspecified atom stereocenters. The van der Waals surface area contributed by atoms with Crippen LogP contribution in [0.3, 0.4) is 0 Å². The first-order valence-electron chi connectivity index (χ1n) is 13.1. The zero-order valence-corrected chi connectivity index (χ0v) is 23.1. The van der Waals surface area contributed by atoms with E-state index in [1.165, 1.54) is 11.1 Å². The van der Waals surface area contributed by atoms with Gasteiger partial charge in [0.2, 0.25) is 15.9 Å². The van der Waals surface area contributed by atoms with Gasteiger partial charge in [0.25, 0.3) is 0 Å². The van der Waals surface area contributed by atoms with E-state index in [1.807, 2.05) is 16.9 Å². The first-order chi connectivity index (χ1) is 18.1. The minimum Gasteiger partial charge on any atom is -0.387 e. The van der Waals surface area contributed by atoms with Gasteiger partial charge in [0.1, 0.15) is 11.8 Å². The van der Waals surface area contributed by atoms with Crippen molar-refractivity contribution in [2.24, 2.45) is 0 Å². The number of aromatic nitrogens is 2. The molecule has 2 heterocycles. The minimum atomic E-state index is -3.51. The number of hydrogen-bond donors (Lipinski definition) is 2. The third-order valence-electron chi connectivity index (χ3n) is 6.72. The molecule has 1 amide bonds. The predicted octanol–water partition coefficient (Wildman–Crippen LogP) is 4.70. The number of aliphatic hydroxyl groups is 1. The van der Waals surface area contributed by atoms with E-state index in [2.05, 4.69) is 55.1 Å². The molecular weight excluding hydrogens is 500 g/mol. The third-order valence-corrected chi connectivity index (χ3v) is 7.32. The molecule has 1 aliphatic heterocycles. The lowest BCUT2D eigenvalue weighted by Crippen LogP contribution is -2.34. The van der Waals surface area contributed by atoms with Crippen LogP contribution in [0.2, 0.25) is 0 Å². The van der Waals surface area contributed by atoms with Gasteiger partial charge >= 0.3 is 0 Å². The van der Waals surface area contributed by atoms with Gasteiger partial charge in [-0.05, 0) is 33.1 Å². The molecule has 2 aromatic carbocycles. The third kappa shape index (κ3) is 7.17. The lowest BCUT2D eigenvalue weighted by molar-refractivity contribution is -0.119. The number of benzene rings is 2. The van der Waals surface area contributed by atoms with E-state index in [-0.39, 0.29) is 6.42 Å². The van der Waals surface area contributed by atoms with E-state index in [4.69, 9.17) is 9.97 Å². The van der Waals surface area contributed by atoms with Gasteiger partial charge in [-0.15, -0.1) is 0 Å². The molecule has 0 fully saturated rings. The van der Waals surface area contributed by atoms with Crippen LogP contribution in [-0.2, 0) is 14.8 Å². The lowest BCUT2D eigenvalue weighted by atomic mass is 10.00. The van der Waals surface area contributed by atoms with Crippen LogP contribution in [0.25, 0.3) is 22.5 Å². The van der Waals surface area contributed by atoms with Crippen molar-refractivity contribution in [3.05, 3.63) is 65.4 Å². The van der Waals surface area contributed by atoms with Gasteiger partial charge < -0.3 is 10.0 Å². The highest BCUT2D eigenvalue weighted by molar-refractivity contribution is 7.89. The summed E-state index contributed by atoms with van der Waals surface area (Å²) in [5.41, 5.74) is 6.45. The highest BCUT2D eigenvalue weighted by Crippen LogP contribution is 2.38. The van der Waals surface area contributed by atoms with E-state index < -0.39 is 22.0 Å². The van der Waals surface area contributed by atoms with Crippen LogP contribution in [0.1, 0.15) is 61.4 Å². The number of carbonyl (C=O) groups excluding carboxylic acids is 1. The van der Waals surface area contributed by atoms with E-state index in [9.17, 15) is 18.3 Å². The second-order valence-corrected chi connectivity index (χ2v) is 11.9. The van der Waals surface area contributed by atoms with Crippen LogP contribution in [0.4, 0.5) is 5.82 Å². The molecule has 0 saturated heterocycles. The predicted molar refractivity (Wildman–Crippen MR) is 150 cm³/mol. The van der Waals surface area contributed by atoms with Crippen molar-refractivity contribution in [3.63, 3.8) is 0 Å². The maximum Gasteiger partial charge on any atom is 0.233 e. The first-order valence-corrected chi connectivity index (χ1v) is 15.0. The van der Waals surface area contributed by atoms with Gasteiger partial charge in [-0.1, -0.05) is 72.5 Å². The average molecular weight is 537 g/mol. The molecule has 38 heavy (non-hydrogen) atoms. The largest absolute Gasteiger partial charge is 0.387 e. The molecule has 0 bridgehead atoms. The number of hydrogen-bond acceptors (Lipinski definition) is 7.